The van der Waals surface area contributed by atoms with Gasteiger partial charge in [0.2, 0.25) is 0 Å². The number of allylic oxidation sites excluding steroid dienone is 4. The van der Waals surface area contributed by atoms with Crippen LogP contribution in [0.3, 0.4) is 0 Å². The predicted molar refractivity (Wildman–Crippen MR) is 138 cm³/mol. The molecule has 0 fully saturated rings. The van der Waals surface area contributed by atoms with Gasteiger partial charge in [-0.05, 0) is 46.8 Å². The predicted octanol–water partition coefficient (Wildman–Crippen LogP) is 6.86. The fourth-order valence-electron chi connectivity index (χ4n) is 5.14. The van der Waals surface area contributed by atoms with Crippen LogP contribution < -0.4 is 4.90 Å². The summed E-state index contributed by atoms with van der Waals surface area (Å²) in [6.07, 6.45) is 4.18. The van der Waals surface area contributed by atoms with Crippen molar-refractivity contribution in [2.45, 2.75) is 38.5 Å². The van der Waals surface area contributed by atoms with E-state index in [4.69, 9.17) is 0 Å². The Morgan fingerprint density at radius 2 is 1.67 bits per heavy atom. The van der Waals surface area contributed by atoms with Gasteiger partial charge in [0, 0.05) is 46.0 Å². The minimum atomic E-state index is -0.302. The summed E-state index contributed by atoms with van der Waals surface area (Å²) < 4.78 is 0. The van der Waals surface area contributed by atoms with Crippen LogP contribution in [0.15, 0.2) is 83.4 Å². The molecular formula is C30H27NOS. The van der Waals surface area contributed by atoms with Gasteiger partial charge in [-0.3, -0.25) is 4.79 Å². The zero-order valence-corrected chi connectivity index (χ0v) is 20.5. The molecule has 0 amide bonds. The summed E-state index contributed by atoms with van der Waals surface area (Å²) >= 11 is 1.66. The van der Waals surface area contributed by atoms with Crippen molar-refractivity contribution in [2.75, 3.05) is 11.9 Å². The first kappa shape index (κ1) is 21.5. The SMILES string of the molecule is CN1/C(=C/C=C2/C(=O)c3ccccc3C2(C)C)C(C)(C)c2cc(C#Cc3cccs3)ccc21. The van der Waals surface area contributed by atoms with E-state index in [1.807, 2.05) is 41.8 Å². The molecule has 0 saturated heterocycles. The number of likely N-dealkylation sites (N-methyl/N-ethyl adjacent to an activating group) is 1. The molecule has 0 N–H and O–H groups in total. The van der Waals surface area contributed by atoms with E-state index in [1.165, 1.54) is 16.9 Å². The molecule has 0 bridgehead atoms. The van der Waals surface area contributed by atoms with E-state index >= 15 is 0 Å². The van der Waals surface area contributed by atoms with Gasteiger partial charge in [0.25, 0.3) is 0 Å². The van der Waals surface area contributed by atoms with Gasteiger partial charge in [-0.25, -0.2) is 0 Å². The van der Waals surface area contributed by atoms with Crippen LogP contribution in [0.2, 0.25) is 0 Å². The largest absolute Gasteiger partial charge is 0.347 e. The van der Waals surface area contributed by atoms with E-state index in [-0.39, 0.29) is 16.6 Å². The minimum Gasteiger partial charge on any atom is -0.347 e. The minimum absolute atomic E-state index is 0.134. The second-order valence-electron chi connectivity index (χ2n) is 9.78. The molecule has 2 heterocycles. The van der Waals surface area contributed by atoms with E-state index in [0.29, 0.717) is 0 Å². The maximum absolute atomic E-state index is 13.2. The van der Waals surface area contributed by atoms with E-state index in [1.54, 1.807) is 11.3 Å². The van der Waals surface area contributed by atoms with Crippen molar-refractivity contribution in [3.63, 3.8) is 0 Å². The molecule has 1 aliphatic heterocycles. The normalized spacial score (nSPS) is 20.0. The van der Waals surface area contributed by atoms with Crippen LogP contribution >= 0.6 is 11.3 Å². The standard InChI is InChI=1S/C30H27NOS/c1-29(2)23-11-7-6-10-22(23)28(32)24(29)15-17-27-30(3,4)25-19-20(13-16-26(25)31(27)5)12-14-21-9-8-18-33-21/h6-11,13,15-19H,1-5H3/b24-15-,27-17+. The van der Waals surface area contributed by atoms with Gasteiger partial charge in [0.05, 0.1) is 4.88 Å². The number of fused-ring (bicyclic) bond motifs is 2. The second-order valence-corrected chi connectivity index (χ2v) is 10.7. The average molecular weight is 450 g/mol. The van der Waals surface area contributed by atoms with Crippen molar-refractivity contribution in [3.8, 4) is 11.8 Å². The fourth-order valence-corrected chi connectivity index (χ4v) is 5.71. The highest BCUT2D eigenvalue weighted by molar-refractivity contribution is 7.10. The molecule has 0 unspecified atom stereocenters. The maximum atomic E-state index is 13.2. The lowest BCUT2D eigenvalue weighted by Crippen LogP contribution is -2.23. The molecule has 3 aromatic rings. The van der Waals surface area contributed by atoms with Crippen molar-refractivity contribution < 1.29 is 4.79 Å². The number of carbonyl (C=O) groups excluding carboxylic acids is 1. The summed E-state index contributed by atoms with van der Waals surface area (Å²) in [5.74, 6) is 6.71. The Kier molecular flexibility index (Phi) is 4.96. The molecule has 0 radical (unpaired) electrons. The highest BCUT2D eigenvalue weighted by Crippen LogP contribution is 2.48. The molecule has 1 aliphatic carbocycles. The second kappa shape index (κ2) is 7.61. The number of thiophene rings is 1. The summed E-state index contributed by atoms with van der Waals surface area (Å²) in [6.45, 7) is 8.76. The lowest BCUT2D eigenvalue weighted by atomic mass is 9.81. The first-order valence-corrected chi connectivity index (χ1v) is 12.1. The summed E-state index contributed by atoms with van der Waals surface area (Å²) in [6, 6.07) is 18.5. The maximum Gasteiger partial charge on any atom is 0.190 e. The Morgan fingerprint density at radius 1 is 0.879 bits per heavy atom. The van der Waals surface area contributed by atoms with Crippen molar-refractivity contribution in [3.05, 3.63) is 111 Å². The van der Waals surface area contributed by atoms with Crippen molar-refractivity contribution >= 4 is 22.8 Å². The number of nitrogens with zero attached hydrogens (tertiary/aromatic N) is 1. The molecule has 1 aromatic heterocycles. The smallest absolute Gasteiger partial charge is 0.190 e. The zero-order chi connectivity index (χ0) is 23.4. The number of rotatable bonds is 1. The van der Waals surface area contributed by atoms with Crippen molar-refractivity contribution in [1.82, 2.24) is 0 Å². The molecule has 164 valence electrons. The van der Waals surface area contributed by atoms with Crippen LogP contribution in [0.25, 0.3) is 0 Å². The van der Waals surface area contributed by atoms with E-state index in [9.17, 15) is 4.79 Å². The number of ketones is 1. The van der Waals surface area contributed by atoms with Crippen LogP contribution in [0.5, 0.6) is 0 Å². The van der Waals surface area contributed by atoms with Crippen LogP contribution in [0, 0.1) is 11.8 Å². The number of carbonyl (C=O) groups is 1. The number of hydrogen-bond acceptors (Lipinski definition) is 3. The summed E-state index contributed by atoms with van der Waals surface area (Å²) in [5.41, 5.74) is 6.92. The van der Waals surface area contributed by atoms with Crippen molar-refractivity contribution in [1.29, 1.82) is 0 Å². The number of benzene rings is 2. The lowest BCUT2D eigenvalue weighted by molar-refractivity contribution is 0.103. The van der Waals surface area contributed by atoms with Crippen LogP contribution in [0.4, 0.5) is 5.69 Å². The summed E-state index contributed by atoms with van der Waals surface area (Å²) in [7, 11) is 2.10. The summed E-state index contributed by atoms with van der Waals surface area (Å²) in [5, 5.41) is 2.05. The van der Waals surface area contributed by atoms with Gasteiger partial charge in [-0.2, -0.15) is 0 Å². The third-order valence-corrected chi connectivity index (χ3v) is 7.84. The molecule has 3 heteroatoms. The van der Waals surface area contributed by atoms with Gasteiger partial charge >= 0.3 is 0 Å². The quantitative estimate of drug-likeness (QED) is 0.299. The first-order valence-electron chi connectivity index (χ1n) is 11.2. The Labute approximate surface area is 200 Å². The molecule has 2 aromatic carbocycles. The van der Waals surface area contributed by atoms with Crippen LogP contribution in [0.1, 0.15) is 59.6 Å². The fraction of sp³-hybridized carbons (Fsp3) is 0.233. The monoisotopic (exact) mass is 449 g/mol. The van der Waals surface area contributed by atoms with Crippen LogP contribution in [-0.4, -0.2) is 12.8 Å². The molecular weight excluding hydrogens is 422 g/mol. The molecule has 0 saturated carbocycles. The molecule has 0 spiro atoms. The van der Waals surface area contributed by atoms with Crippen LogP contribution in [-0.2, 0) is 10.8 Å². The Bertz CT molecular complexity index is 1390. The van der Waals surface area contributed by atoms with Gasteiger partial charge in [-0.1, -0.05) is 75.9 Å². The van der Waals surface area contributed by atoms with Gasteiger partial charge < -0.3 is 4.90 Å². The lowest BCUT2D eigenvalue weighted by Gasteiger charge is -2.24. The number of Topliss-reactive ketones (excluding diaryl/α,β-unsaturated/α-hetero) is 1. The third kappa shape index (κ3) is 3.37. The number of anilines is 1. The molecule has 33 heavy (non-hydrogen) atoms. The Hall–Kier alpha value is -3.35. The topological polar surface area (TPSA) is 20.3 Å². The Balaban J connectivity index is 1.52. The first-order chi connectivity index (χ1) is 15.7. The highest BCUT2D eigenvalue weighted by Gasteiger charge is 2.41. The molecule has 0 atom stereocenters. The van der Waals surface area contributed by atoms with Gasteiger partial charge in [0.1, 0.15) is 0 Å². The molecule has 2 aliphatic rings. The van der Waals surface area contributed by atoms with E-state index < -0.39 is 0 Å². The van der Waals surface area contributed by atoms with Gasteiger partial charge in [0.15, 0.2) is 5.78 Å². The van der Waals surface area contributed by atoms with Gasteiger partial charge in [-0.15, -0.1) is 11.3 Å². The zero-order valence-electron chi connectivity index (χ0n) is 19.7. The molecule has 5 rings (SSSR count). The third-order valence-electron chi connectivity index (χ3n) is 7.06. The average Bonchev–Trinajstić information content (AvgIpc) is 3.43. The highest BCUT2D eigenvalue weighted by atomic mass is 32.1. The van der Waals surface area contributed by atoms with E-state index in [2.05, 4.69) is 81.8 Å². The Morgan fingerprint density at radius 3 is 2.39 bits per heavy atom. The number of hydrogen-bond donors (Lipinski definition) is 0. The molecule has 2 nitrogen and oxygen atoms in total. The van der Waals surface area contributed by atoms with Crippen molar-refractivity contribution in [2.24, 2.45) is 0 Å². The summed E-state index contributed by atoms with van der Waals surface area (Å²) in [4.78, 5) is 16.5. The van der Waals surface area contributed by atoms with E-state index in [0.717, 1.165) is 27.1 Å².